The molecule has 0 aromatic rings. The first kappa shape index (κ1) is 19.8. The Balaban J connectivity index is 4.76. The van der Waals surface area contributed by atoms with Crippen LogP contribution < -0.4 is 0 Å². The van der Waals surface area contributed by atoms with Crippen LogP contribution in [0, 0.1) is 16.2 Å². The summed E-state index contributed by atoms with van der Waals surface area (Å²) in [5.74, 6) is -0.274. The monoisotopic (exact) mass is 308 g/mol. The number of hydrogen-bond acceptors (Lipinski definition) is 5. The number of carbonyl (C=O) groups excluding carboxylic acids is 1. The summed E-state index contributed by atoms with van der Waals surface area (Å²) in [6.45, 7) is 14.3. The zero-order valence-corrected chi connectivity index (χ0v) is 14.6. The summed E-state index contributed by atoms with van der Waals surface area (Å²) >= 11 is 0. The molecule has 0 rings (SSSR count). The third-order valence-electron chi connectivity index (χ3n) is 3.51. The topological polar surface area (TPSA) is 76.0 Å². The molecule has 0 aromatic carbocycles. The maximum atomic E-state index is 12.4. The molecule has 0 saturated carbocycles. The quantitative estimate of drug-likeness (QED) is 0.447. The summed E-state index contributed by atoms with van der Waals surface area (Å²) in [6, 6.07) is 0. The molecular formula is C14H29O5P. The van der Waals surface area contributed by atoms with E-state index in [0.717, 1.165) is 0 Å². The molecule has 0 aromatic heterocycles. The molecule has 0 fully saturated rings. The van der Waals surface area contributed by atoms with Crippen LogP contribution in [0.5, 0.6) is 0 Å². The molecule has 20 heavy (non-hydrogen) atoms. The second-order valence-corrected chi connectivity index (χ2v) is 8.31. The minimum absolute atomic E-state index is 0.00205. The molecule has 0 aliphatic carbocycles. The van der Waals surface area contributed by atoms with Gasteiger partial charge in [0.15, 0.2) is 0 Å². The fourth-order valence-corrected chi connectivity index (χ4v) is 2.35. The van der Waals surface area contributed by atoms with Gasteiger partial charge in [0.05, 0.1) is 12.0 Å². The largest absolute Gasteiger partial charge is 0.463 e. The molecule has 1 atom stereocenters. The first-order valence-corrected chi connectivity index (χ1v) is 7.94. The van der Waals surface area contributed by atoms with Gasteiger partial charge in [-0.15, -0.1) is 0 Å². The number of carbonyl (C=O) groups is 1. The second-order valence-electron chi connectivity index (χ2n) is 7.54. The van der Waals surface area contributed by atoms with E-state index in [1.807, 2.05) is 27.7 Å². The van der Waals surface area contributed by atoms with Crippen molar-refractivity contribution in [1.29, 1.82) is 0 Å². The van der Waals surface area contributed by atoms with Crippen LogP contribution in [0.15, 0.2) is 0 Å². The molecule has 0 spiro atoms. The minimum Gasteiger partial charge on any atom is -0.463 e. The van der Waals surface area contributed by atoms with E-state index in [-0.39, 0.29) is 30.0 Å². The third-order valence-corrected chi connectivity index (χ3v) is 3.93. The van der Waals surface area contributed by atoms with E-state index in [1.165, 1.54) is 0 Å². The van der Waals surface area contributed by atoms with Gasteiger partial charge in [0, 0.05) is 0 Å². The van der Waals surface area contributed by atoms with Crippen LogP contribution in [0.4, 0.5) is 0 Å². The zero-order valence-electron chi connectivity index (χ0n) is 13.7. The Morgan fingerprint density at radius 1 is 1.00 bits per heavy atom. The minimum atomic E-state index is -2.40. The fourth-order valence-electron chi connectivity index (χ4n) is 2.12. The van der Waals surface area contributed by atoms with Crippen molar-refractivity contribution >= 4 is 14.6 Å². The van der Waals surface area contributed by atoms with Crippen molar-refractivity contribution in [1.82, 2.24) is 0 Å². The van der Waals surface area contributed by atoms with Crippen molar-refractivity contribution in [2.75, 3.05) is 13.2 Å². The molecule has 0 aliphatic rings. The molecule has 0 bridgehead atoms. The predicted octanol–water partition coefficient (Wildman–Crippen LogP) is 3.25. The van der Waals surface area contributed by atoms with E-state index in [9.17, 15) is 4.79 Å². The Bertz CT molecular complexity index is 317. The van der Waals surface area contributed by atoms with E-state index in [1.54, 1.807) is 0 Å². The lowest BCUT2D eigenvalue weighted by Gasteiger charge is -2.43. The van der Waals surface area contributed by atoms with E-state index in [2.05, 4.69) is 25.3 Å². The van der Waals surface area contributed by atoms with Crippen molar-refractivity contribution in [2.45, 2.75) is 54.9 Å². The predicted molar refractivity (Wildman–Crippen MR) is 79.9 cm³/mol. The van der Waals surface area contributed by atoms with Gasteiger partial charge in [-0.05, 0) is 24.2 Å². The molecule has 0 amide bonds. The van der Waals surface area contributed by atoms with E-state index in [4.69, 9.17) is 14.5 Å². The van der Waals surface area contributed by atoms with Gasteiger partial charge in [0.25, 0.3) is 0 Å². The van der Waals surface area contributed by atoms with Crippen LogP contribution in [-0.2, 0) is 14.1 Å². The van der Waals surface area contributed by atoms with Crippen LogP contribution in [-0.4, -0.2) is 29.0 Å². The number of esters is 1. The average molecular weight is 308 g/mol. The van der Waals surface area contributed by atoms with E-state index in [0.29, 0.717) is 6.42 Å². The average Bonchev–Trinajstić information content (AvgIpc) is 2.19. The highest BCUT2D eigenvalue weighted by atomic mass is 31.2. The summed E-state index contributed by atoms with van der Waals surface area (Å²) in [4.78, 5) is 29.7. The molecule has 5 nitrogen and oxygen atoms in total. The van der Waals surface area contributed by atoms with Crippen LogP contribution in [0.1, 0.15) is 54.9 Å². The Hall–Kier alpha value is -0.220. The summed E-state index contributed by atoms with van der Waals surface area (Å²) in [6.07, 6.45) is 0.704. The molecule has 6 heteroatoms. The standard InChI is InChI=1S/C14H29O5P/c1-12(2,3)10-14(7,13(4,5)6)11(15)18-8-9-19-20(16)17/h16-17H,8-10H2,1-7H3. The van der Waals surface area contributed by atoms with Crippen molar-refractivity contribution in [3.63, 3.8) is 0 Å². The van der Waals surface area contributed by atoms with E-state index >= 15 is 0 Å². The van der Waals surface area contributed by atoms with Gasteiger partial charge < -0.3 is 19.0 Å². The zero-order chi connectivity index (χ0) is 16.2. The Morgan fingerprint density at radius 3 is 1.85 bits per heavy atom. The van der Waals surface area contributed by atoms with Crippen molar-refractivity contribution in [2.24, 2.45) is 16.2 Å². The maximum absolute atomic E-state index is 12.4. The lowest BCUT2D eigenvalue weighted by atomic mass is 9.61. The number of hydrogen-bond donors (Lipinski definition) is 2. The summed E-state index contributed by atoms with van der Waals surface area (Å²) in [7, 11) is -2.40. The van der Waals surface area contributed by atoms with Crippen LogP contribution in [0.25, 0.3) is 0 Å². The molecule has 0 aliphatic heterocycles. The Labute approximate surface area is 123 Å². The van der Waals surface area contributed by atoms with Crippen LogP contribution >= 0.6 is 8.60 Å². The van der Waals surface area contributed by atoms with Gasteiger partial charge in [-0.3, -0.25) is 4.79 Å². The lowest BCUT2D eigenvalue weighted by Crippen LogP contribution is -2.44. The first-order chi connectivity index (χ1) is 8.79. The van der Waals surface area contributed by atoms with Gasteiger partial charge in [-0.25, -0.2) is 0 Å². The van der Waals surface area contributed by atoms with Crippen LogP contribution in [0.3, 0.4) is 0 Å². The summed E-state index contributed by atoms with van der Waals surface area (Å²) in [5, 5.41) is 0. The van der Waals surface area contributed by atoms with Crippen molar-refractivity contribution in [3.8, 4) is 0 Å². The smallest absolute Gasteiger partial charge is 0.327 e. The molecule has 0 saturated heterocycles. The summed E-state index contributed by atoms with van der Waals surface area (Å²) < 4.78 is 9.84. The highest BCUT2D eigenvalue weighted by molar-refractivity contribution is 7.39. The van der Waals surface area contributed by atoms with Crippen LogP contribution in [0.2, 0.25) is 0 Å². The maximum Gasteiger partial charge on any atom is 0.327 e. The van der Waals surface area contributed by atoms with Gasteiger partial charge in [-0.1, -0.05) is 41.5 Å². The highest BCUT2D eigenvalue weighted by Crippen LogP contribution is 2.47. The SMILES string of the molecule is CC(C)(C)CC(C)(C(=O)OCCOP(O)O)C(C)(C)C. The Kier molecular flexibility index (Phi) is 7.09. The van der Waals surface area contributed by atoms with Crippen molar-refractivity contribution < 1.29 is 23.8 Å². The van der Waals surface area contributed by atoms with Gasteiger partial charge >= 0.3 is 14.6 Å². The normalized spacial score (nSPS) is 16.1. The third kappa shape index (κ3) is 6.49. The molecule has 2 N–H and O–H groups in total. The van der Waals surface area contributed by atoms with Gasteiger partial charge in [0.1, 0.15) is 6.61 Å². The van der Waals surface area contributed by atoms with Gasteiger partial charge in [-0.2, -0.15) is 0 Å². The molecule has 0 heterocycles. The first-order valence-electron chi connectivity index (χ1n) is 6.78. The molecule has 120 valence electrons. The fraction of sp³-hybridized carbons (Fsp3) is 0.929. The molecule has 1 unspecified atom stereocenters. The highest BCUT2D eigenvalue weighted by Gasteiger charge is 2.47. The van der Waals surface area contributed by atoms with E-state index < -0.39 is 14.0 Å². The number of rotatable bonds is 6. The second kappa shape index (κ2) is 7.17. The summed E-state index contributed by atoms with van der Waals surface area (Å²) in [5.41, 5.74) is -0.852. The Morgan fingerprint density at radius 2 is 1.50 bits per heavy atom. The number of ether oxygens (including phenoxy) is 1. The van der Waals surface area contributed by atoms with Crippen molar-refractivity contribution in [3.05, 3.63) is 0 Å². The lowest BCUT2D eigenvalue weighted by molar-refractivity contribution is -0.165. The molecular weight excluding hydrogens is 279 g/mol. The molecule has 0 radical (unpaired) electrons. The van der Waals surface area contributed by atoms with Gasteiger partial charge in [0.2, 0.25) is 0 Å².